The summed E-state index contributed by atoms with van der Waals surface area (Å²) in [5, 5.41) is 10.6. The SMILES string of the molecule is ONCc1csc(Sc2ccccc2)c1. The molecule has 0 unspecified atom stereocenters. The third-order valence-corrected chi connectivity index (χ3v) is 4.01. The zero-order valence-corrected chi connectivity index (χ0v) is 9.65. The summed E-state index contributed by atoms with van der Waals surface area (Å²) in [5.41, 5.74) is 3.27. The van der Waals surface area contributed by atoms with Gasteiger partial charge in [0.2, 0.25) is 0 Å². The minimum absolute atomic E-state index is 0.506. The molecular formula is C11H11NOS2. The number of benzene rings is 1. The minimum atomic E-state index is 0.506. The molecule has 2 N–H and O–H groups in total. The number of hydrogen-bond acceptors (Lipinski definition) is 4. The van der Waals surface area contributed by atoms with Crippen LogP contribution in [0.5, 0.6) is 0 Å². The molecule has 0 fully saturated rings. The number of rotatable bonds is 4. The van der Waals surface area contributed by atoms with E-state index in [4.69, 9.17) is 5.21 Å². The molecule has 0 spiro atoms. The first-order valence-corrected chi connectivity index (χ1v) is 6.25. The number of hydroxylamine groups is 1. The monoisotopic (exact) mass is 237 g/mol. The standard InChI is InChI=1S/C11H11NOS2/c13-12-7-9-6-11(14-8-9)15-10-4-2-1-3-5-10/h1-6,8,12-13H,7H2. The van der Waals surface area contributed by atoms with Crippen LogP contribution in [0.2, 0.25) is 0 Å². The van der Waals surface area contributed by atoms with Gasteiger partial charge in [0, 0.05) is 11.4 Å². The van der Waals surface area contributed by atoms with Crippen LogP contribution in [0.15, 0.2) is 50.9 Å². The molecule has 0 saturated carbocycles. The third-order valence-electron chi connectivity index (χ3n) is 1.87. The Balaban J connectivity index is 2.05. The van der Waals surface area contributed by atoms with Crippen molar-refractivity contribution in [2.75, 3.05) is 0 Å². The van der Waals surface area contributed by atoms with E-state index in [-0.39, 0.29) is 0 Å². The zero-order chi connectivity index (χ0) is 10.5. The van der Waals surface area contributed by atoms with Crippen molar-refractivity contribution < 1.29 is 5.21 Å². The zero-order valence-electron chi connectivity index (χ0n) is 8.01. The Morgan fingerprint density at radius 1 is 1.27 bits per heavy atom. The van der Waals surface area contributed by atoms with Crippen molar-refractivity contribution in [3.63, 3.8) is 0 Å². The second-order valence-electron chi connectivity index (χ2n) is 3.02. The summed E-state index contributed by atoms with van der Waals surface area (Å²) >= 11 is 3.44. The molecule has 0 saturated heterocycles. The summed E-state index contributed by atoms with van der Waals surface area (Å²) in [4.78, 5) is 1.24. The fourth-order valence-electron chi connectivity index (χ4n) is 1.20. The fraction of sp³-hybridized carbons (Fsp3) is 0.0909. The maximum atomic E-state index is 8.57. The summed E-state index contributed by atoms with van der Waals surface area (Å²) in [7, 11) is 0. The summed E-state index contributed by atoms with van der Waals surface area (Å²) in [5.74, 6) is 0. The molecule has 4 heteroatoms. The highest BCUT2D eigenvalue weighted by molar-refractivity contribution is 8.01. The summed E-state index contributed by atoms with van der Waals surface area (Å²) in [6.07, 6.45) is 0. The lowest BCUT2D eigenvalue weighted by Gasteiger charge is -1.96. The van der Waals surface area contributed by atoms with Gasteiger partial charge in [0.1, 0.15) is 0 Å². The molecule has 1 heterocycles. The van der Waals surface area contributed by atoms with E-state index >= 15 is 0 Å². The van der Waals surface area contributed by atoms with Gasteiger partial charge in [0.15, 0.2) is 0 Å². The number of nitrogens with one attached hydrogen (secondary N) is 1. The van der Waals surface area contributed by atoms with Gasteiger partial charge in [0.05, 0.1) is 4.21 Å². The average molecular weight is 237 g/mol. The molecular weight excluding hydrogens is 226 g/mol. The van der Waals surface area contributed by atoms with Crippen molar-refractivity contribution in [2.24, 2.45) is 0 Å². The highest BCUT2D eigenvalue weighted by atomic mass is 32.2. The average Bonchev–Trinajstić information content (AvgIpc) is 2.68. The Bertz CT molecular complexity index is 414. The maximum Gasteiger partial charge on any atom is 0.0649 e. The van der Waals surface area contributed by atoms with Crippen molar-refractivity contribution in [1.29, 1.82) is 0 Å². The first-order chi connectivity index (χ1) is 7.38. The first kappa shape index (κ1) is 10.7. The van der Waals surface area contributed by atoms with Gasteiger partial charge in [-0.2, -0.15) is 0 Å². The van der Waals surface area contributed by atoms with Gasteiger partial charge in [-0.1, -0.05) is 30.0 Å². The molecule has 0 amide bonds. The van der Waals surface area contributed by atoms with Gasteiger partial charge in [-0.3, -0.25) is 0 Å². The van der Waals surface area contributed by atoms with E-state index in [0.717, 1.165) is 5.56 Å². The van der Waals surface area contributed by atoms with Crippen LogP contribution in [-0.4, -0.2) is 5.21 Å². The molecule has 0 aliphatic heterocycles. The highest BCUT2D eigenvalue weighted by Gasteiger charge is 2.01. The normalized spacial score (nSPS) is 10.5. The number of thiophene rings is 1. The smallest absolute Gasteiger partial charge is 0.0649 e. The lowest BCUT2D eigenvalue weighted by molar-refractivity contribution is 0.161. The van der Waals surface area contributed by atoms with Crippen LogP contribution in [0.25, 0.3) is 0 Å². The van der Waals surface area contributed by atoms with Crippen molar-refractivity contribution in [1.82, 2.24) is 5.48 Å². The van der Waals surface area contributed by atoms with E-state index < -0.39 is 0 Å². The van der Waals surface area contributed by atoms with Crippen LogP contribution >= 0.6 is 23.1 Å². The second-order valence-corrected chi connectivity index (χ2v) is 5.31. The van der Waals surface area contributed by atoms with Crippen LogP contribution < -0.4 is 5.48 Å². The van der Waals surface area contributed by atoms with Crippen molar-refractivity contribution in [3.8, 4) is 0 Å². The second kappa shape index (κ2) is 5.32. The van der Waals surface area contributed by atoms with E-state index in [2.05, 4.69) is 29.1 Å². The van der Waals surface area contributed by atoms with Crippen LogP contribution in [-0.2, 0) is 6.54 Å². The maximum absolute atomic E-state index is 8.57. The first-order valence-electron chi connectivity index (χ1n) is 4.56. The van der Waals surface area contributed by atoms with Gasteiger partial charge in [-0.05, 0) is 29.1 Å². The summed E-state index contributed by atoms with van der Waals surface area (Å²) in [6.45, 7) is 0.506. The van der Waals surface area contributed by atoms with Gasteiger partial charge in [-0.25, -0.2) is 5.48 Å². The predicted molar refractivity (Wildman–Crippen MR) is 63.5 cm³/mol. The Hall–Kier alpha value is -0.810. The van der Waals surface area contributed by atoms with Crippen LogP contribution in [0.3, 0.4) is 0 Å². The van der Waals surface area contributed by atoms with Gasteiger partial charge < -0.3 is 5.21 Å². The van der Waals surface area contributed by atoms with Gasteiger partial charge in [0.25, 0.3) is 0 Å². The van der Waals surface area contributed by atoms with Gasteiger partial charge in [-0.15, -0.1) is 11.3 Å². The Kier molecular flexibility index (Phi) is 3.80. The van der Waals surface area contributed by atoms with Crippen molar-refractivity contribution in [2.45, 2.75) is 15.6 Å². The Morgan fingerprint density at radius 2 is 2.07 bits per heavy atom. The molecule has 2 aromatic rings. The molecule has 0 radical (unpaired) electrons. The van der Waals surface area contributed by atoms with E-state index in [1.807, 2.05) is 18.2 Å². The van der Waals surface area contributed by atoms with E-state index in [1.165, 1.54) is 9.10 Å². The molecule has 0 aliphatic carbocycles. The molecule has 2 nitrogen and oxygen atoms in total. The fourth-order valence-corrected chi connectivity index (χ4v) is 3.19. The predicted octanol–water partition coefficient (Wildman–Crippen LogP) is 3.38. The quantitative estimate of drug-likeness (QED) is 0.800. The van der Waals surface area contributed by atoms with Crippen LogP contribution in [0, 0.1) is 0 Å². The molecule has 78 valence electrons. The molecule has 2 rings (SSSR count). The Labute approximate surface area is 96.9 Å². The van der Waals surface area contributed by atoms with Crippen LogP contribution in [0.4, 0.5) is 0 Å². The highest BCUT2D eigenvalue weighted by Crippen LogP contribution is 2.32. The minimum Gasteiger partial charge on any atom is -0.316 e. The largest absolute Gasteiger partial charge is 0.316 e. The van der Waals surface area contributed by atoms with Crippen molar-refractivity contribution in [3.05, 3.63) is 47.3 Å². The topological polar surface area (TPSA) is 32.3 Å². The third kappa shape index (κ3) is 3.07. The molecule has 0 bridgehead atoms. The van der Waals surface area contributed by atoms with Crippen LogP contribution in [0.1, 0.15) is 5.56 Å². The Morgan fingerprint density at radius 3 is 2.80 bits per heavy atom. The molecule has 1 aromatic carbocycles. The molecule has 15 heavy (non-hydrogen) atoms. The van der Waals surface area contributed by atoms with E-state index in [1.54, 1.807) is 23.1 Å². The van der Waals surface area contributed by atoms with E-state index in [0.29, 0.717) is 6.54 Å². The van der Waals surface area contributed by atoms with Crippen molar-refractivity contribution >= 4 is 23.1 Å². The lowest BCUT2D eigenvalue weighted by Crippen LogP contribution is -2.04. The lowest BCUT2D eigenvalue weighted by atomic mass is 10.3. The molecule has 0 atom stereocenters. The molecule has 1 aromatic heterocycles. The summed E-state index contributed by atoms with van der Waals surface area (Å²) in [6, 6.07) is 12.4. The van der Waals surface area contributed by atoms with E-state index in [9.17, 15) is 0 Å². The number of hydrogen-bond donors (Lipinski definition) is 2. The summed E-state index contributed by atoms with van der Waals surface area (Å²) < 4.78 is 1.24. The molecule has 0 aliphatic rings. The van der Waals surface area contributed by atoms with Gasteiger partial charge >= 0.3 is 0 Å².